The van der Waals surface area contributed by atoms with E-state index in [0.29, 0.717) is 30.3 Å². The van der Waals surface area contributed by atoms with Crippen molar-refractivity contribution in [1.82, 2.24) is 4.98 Å². The molecule has 0 bridgehead atoms. The van der Waals surface area contributed by atoms with Crippen LogP contribution in [-0.4, -0.2) is 30.4 Å². The highest BCUT2D eigenvalue weighted by atomic mass is 32.2. The molecule has 1 aromatic heterocycles. The topological polar surface area (TPSA) is 60.5 Å². The molecule has 28 heavy (non-hydrogen) atoms. The van der Waals surface area contributed by atoms with Crippen LogP contribution in [0.15, 0.2) is 52.9 Å². The number of thiazole rings is 1. The van der Waals surface area contributed by atoms with Crippen LogP contribution in [0.5, 0.6) is 11.5 Å². The van der Waals surface area contributed by atoms with Gasteiger partial charge in [-0.3, -0.25) is 4.79 Å². The van der Waals surface area contributed by atoms with Gasteiger partial charge in [-0.25, -0.2) is 4.98 Å². The van der Waals surface area contributed by atoms with Gasteiger partial charge in [0.25, 0.3) is 5.91 Å². The fourth-order valence-electron chi connectivity index (χ4n) is 2.63. The zero-order valence-electron chi connectivity index (χ0n) is 16.0. The Balaban J connectivity index is 1.89. The Morgan fingerprint density at radius 3 is 2.46 bits per heavy atom. The first-order valence-corrected chi connectivity index (χ1v) is 11.0. The standard InChI is InChI=1S/C21H22N2O3S2/c1-4-25-16-12-11-15(13-17(16)26-5-2)19(24)23-20-18(22-21(27-3)28-20)14-9-7-6-8-10-14/h6-13H,4-5H2,1-3H3,(H,23,24). The van der Waals surface area contributed by atoms with E-state index in [1.165, 1.54) is 11.3 Å². The minimum Gasteiger partial charge on any atom is -0.490 e. The summed E-state index contributed by atoms with van der Waals surface area (Å²) in [5.41, 5.74) is 2.25. The third kappa shape index (κ3) is 4.66. The van der Waals surface area contributed by atoms with E-state index in [2.05, 4.69) is 10.3 Å². The molecule has 0 spiro atoms. The van der Waals surface area contributed by atoms with Crippen LogP contribution in [0.25, 0.3) is 11.3 Å². The van der Waals surface area contributed by atoms with Crippen molar-refractivity contribution in [3.8, 4) is 22.8 Å². The smallest absolute Gasteiger partial charge is 0.256 e. The number of nitrogens with one attached hydrogen (secondary N) is 1. The number of carbonyl (C=O) groups is 1. The van der Waals surface area contributed by atoms with Crippen molar-refractivity contribution in [3.63, 3.8) is 0 Å². The highest BCUT2D eigenvalue weighted by molar-refractivity contribution is 8.00. The molecule has 2 aromatic carbocycles. The van der Waals surface area contributed by atoms with E-state index in [1.54, 1.807) is 30.0 Å². The Kier molecular flexibility index (Phi) is 6.95. The van der Waals surface area contributed by atoms with E-state index < -0.39 is 0 Å². The molecule has 0 aliphatic carbocycles. The molecule has 1 N–H and O–H groups in total. The number of hydrogen-bond acceptors (Lipinski definition) is 6. The van der Waals surface area contributed by atoms with Gasteiger partial charge >= 0.3 is 0 Å². The van der Waals surface area contributed by atoms with Gasteiger partial charge in [0.05, 0.1) is 13.2 Å². The highest BCUT2D eigenvalue weighted by Gasteiger charge is 2.17. The van der Waals surface area contributed by atoms with Crippen LogP contribution in [0.4, 0.5) is 5.00 Å². The highest BCUT2D eigenvalue weighted by Crippen LogP contribution is 2.37. The summed E-state index contributed by atoms with van der Waals surface area (Å²) in [6.07, 6.45) is 1.97. The van der Waals surface area contributed by atoms with Gasteiger partial charge in [0.15, 0.2) is 15.8 Å². The molecule has 1 heterocycles. The predicted octanol–water partition coefficient (Wildman–Crippen LogP) is 5.58. The van der Waals surface area contributed by atoms with Gasteiger partial charge in [0.1, 0.15) is 10.7 Å². The molecule has 1 amide bonds. The summed E-state index contributed by atoms with van der Waals surface area (Å²) in [4.78, 5) is 17.5. The fourth-order valence-corrected chi connectivity index (χ4v) is 4.11. The lowest BCUT2D eigenvalue weighted by molar-refractivity contribution is 0.102. The van der Waals surface area contributed by atoms with E-state index in [4.69, 9.17) is 9.47 Å². The van der Waals surface area contributed by atoms with Gasteiger partial charge in [0, 0.05) is 11.1 Å². The summed E-state index contributed by atoms with van der Waals surface area (Å²) < 4.78 is 12.1. The molecule has 0 radical (unpaired) electrons. The van der Waals surface area contributed by atoms with Crippen molar-refractivity contribution in [1.29, 1.82) is 0 Å². The van der Waals surface area contributed by atoms with Crippen molar-refractivity contribution in [2.45, 2.75) is 18.2 Å². The number of aromatic nitrogens is 1. The second-order valence-electron chi connectivity index (χ2n) is 5.71. The first-order chi connectivity index (χ1) is 13.7. The number of ether oxygens (including phenoxy) is 2. The number of thioether (sulfide) groups is 1. The van der Waals surface area contributed by atoms with Crippen molar-refractivity contribution < 1.29 is 14.3 Å². The monoisotopic (exact) mass is 414 g/mol. The van der Waals surface area contributed by atoms with Crippen LogP contribution in [0.3, 0.4) is 0 Å². The Morgan fingerprint density at radius 1 is 1.07 bits per heavy atom. The first kappa shape index (κ1) is 20.2. The van der Waals surface area contributed by atoms with Gasteiger partial charge in [0.2, 0.25) is 0 Å². The van der Waals surface area contributed by atoms with E-state index in [0.717, 1.165) is 20.6 Å². The summed E-state index contributed by atoms with van der Waals surface area (Å²) in [5, 5.41) is 3.74. The summed E-state index contributed by atoms with van der Waals surface area (Å²) in [6, 6.07) is 15.1. The molecular formula is C21H22N2O3S2. The molecule has 5 nitrogen and oxygen atoms in total. The van der Waals surface area contributed by atoms with Crippen molar-refractivity contribution >= 4 is 34.0 Å². The quantitative estimate of drug-likeness (QED) is 0.488. The van der Waals surface area contributed by atoms with Crippen molar-refractivity contribution in [2.24, 2.45) is 0 Å². The van der Waals surface area contributed by atoms with E-state index >= 15 is 0 Å². The number of hydrogen-bond donors (Lipinski definition) is 1. The van der Waals surface area contributed by atoms with E-state index in [9.17, 15) is 4.79 Å². The Bertz CT molecular complexity index is 942. The SMILES string of the molecule is CCOc1ccc(C(=O)Nc2sc(SC)nc2-c2ccccc2)cc1OCC. The third-order valence-corrected chi connectivity index (χ3v) is 5.82. The number of rotatable bonds is 8. The van der Waals surface area contributed by atoms with Crippen LogP contribution < -0.4 is 14.8 Å². The third-order valence-electron chi connectivity index (χ3n) is 3.86. The Labute approximate surface area is 173 Å². The zero-order valence-corrected chi connectivity index (χ0v) is 17.7. The predicted molar refractivity (Wildman–Crippen MR) is 116 cm³/mol. The summed E-state index contributed by atoms with van der Waals surface area (Å²) in [5.74, 6) is 0.986. The molecule has 0 aliphatic rings. The lowest BCUT2D eigenvalue weighted by Crippen LogP contribution is -2.12. The maximum atomic E-state index is 12.9. The number of nitrogens with zero attached hydrogens (tertiary/aromatic N) is 1. The Morgan fingerprint density at radius 2 is 1.79 bits per heavy atom. The van der Waals surface area contributed by atoms with Gasteiger partial charge < -0.3 is 14.8 Å². The normalized spacial score (nSPS) is 10.5. The van der Waals surface area contributed by atoms with Crippen molar-refractivity contribution in [3.05, 3.63) is 54.1 Å². The largest absolute Gasteiger partial charge is 0.490 e. The molecule has 0 saturated carbocycles. The first-order valence-electron chi connectivity index (χ1n) is 8.97. The van der Waals surface area contributed by atoms with E-state index in [-0.39, 0.29) is 5.91 Å². The molecule has 0 saturated heterocycles. The second kappa shape index (κ2) is 9.61. The van der Waals surface area contributed by atoms with Gasteiger partial charge in [-0.05, 0) is 38.3 Å². The zero-order chi connectivity index (χ0) is 19.9. The van der Waals surface area contributed by atoms with Gasteiger partial charge in [-0.1, -0.05) is 53.4 Å². The van der Waals surface area contributed by atoms with Crippen LogP contribution >= 0.6 is 23.1 Å². The minimum atomic E-state index is -0.211. The second-order valence-corrected chi connectivity index (χ2v) is 7.76. The van der Waals surface area contributed by atoms with Crippen LogP contribution in [0.1, 0.15) is 24.2 Å². The maximum absolute atomic E-state index is 12.9. The molecule has 0 aliphatic heterocycles. The summed E-state index contributed by atoms with van der Waals surface area (Å²) >= 11 is 3.02. The average Bonchev–Trinajstić information content (AvgIpc) is 3.13. The molecular weight excluding hydrogens is 392 g/mol. The van der Waals surface area contributed by atoms with Gasteiger partial charge in [-0.15, -0.1) is 0 Å². The number of carbonyl (C=O) groups excluding carboxylic acids is 1. The number of amides is 1. The van der Waals surface area contributed by atoms with Crippen LogP contribution in [-0.2, 0) is 0 Å². The van der Waals surface area contributed by atoms with Crippen LogP contribution in [0, 0.1) is 0 Å². The fraction of sp³-hybridized carbons (Fsp3) is 0.238. The average molecular weight is 415 g/mol. The minimum absolute atomic E-state index is 0.211. The molecule has 7 heteroatoms. The lowest BCUT2D eigenvalue weighted by Gasteiger charge is -2.12. The molecule has 0 atom stereocenters. The summed E-state index contributed by atoms with van der Waals surface area (Å²) in [6.45, 7) is 4.84. The van der Waals surface area contributed by atoms with E-state index in [1.807, 2.05) is 50.4 Å². The Hall–Kier alpha value is -2.51. The van der Waals surface area contributed by atoms with Crippen molar-refractivity contribution in [2.75, 3.05) is 24.8 Å². The lowest BCUT2D eigenvalue weighted by atomic mass is 10.1. The summed E-state index contributed by atoms with van der Waals surface area (Å²) in [7, 11) is 0. The molecule has 146 valence electrons. The number of benzene rings is 2. The van der Waals surface area contributed by atoms with Gasteiger partial charge in [-0.2, -0.15) is 0 Å². The molecule has 3 rings (SSSR count). The maximum Gasteiger partial charge on any atom is 0.256 e. The molecule has 0 unspecified atom stereocenters. The molecule has 3 aromatic rings. The van der Waals surface area contributed by atoms with Crippen LogP contribution in [0.2, 0.25) is 0 Å². The molecule has 0 fully saturated rings. The number of anilines is 1.